The van der Waals surface area contributed by atoms with Gasteiger partial charge in [-0.3, -0.25) is 0 Å². The average Bonchev–Trinajstić information content (AvgIpc) is 3.26. The fraction of sp³-hybridized carbons (Fsp3) is 0.333. The molecular formula is C27H32Cl2HfSi-2. The number of rotatable bonds is 0. The number of aryl methyl sites for hydroxylation is 4. The molecule has 1 aliphatic rings. The second-order valence-electron chi connectivity index (χ2n) is 8.39. The van der Waals surface area contributed by atoms with Gasteiger partial charge in [0.15, 0.2) is 0 Å². The van der Waals surface area contributed by atoms with Crippen LogP contribution in [0.15, 0.2) is 60.7 Å². The Labute approximate surface area is 215 Å². The van der Waals surface area contributed by atoms with Gasteiger partial charge >= 0.3 is 59.8 Å². The van der Waals surface area contributed by atoms with Crippen molar-refractivity contribution in [3.63, 3.8) is 0 Å². The summed E-state index contributed by atoms with van der Waals surface area (Å²) in [4.78, 5) is 0. The van der Waals surface area contributed by atoms with Gasteiger partial charge in [-0.15, -0.1) is 69.1 Å². The molecule has 0 bridgehead atoms. The fourth-order valence-corrected chi connectivity index (χ4v) is 9.47. The second-order valence-corrected chi connectivity index (χ2v) is 18.2. The van der Waals surface area contributed by atoms with E-state index in [1.165, 1.54) is 50.2 Å². The molecule has 0 radical (unpaired) electrons. The molecule has 0 N–H and O–H groups in total. The molecule has 1 saturated heterocycles. The van der Waals surface area contributed by atoms with Gasteiger partial charge in [-0.1, -0.05) is 37.1 Å². The number of halogens is 2. The van der Waals surface area contributed by atoms with Crippen LogP contribution in [0.25, 0.3) is 21.5 Å². The van der Waals surface area contributed by atoms with Crippen LogP contribution < -0.4 is 24.8 Å². The number of hydrogen-bond donors (Lipinski definition) is 0. The molecular weight excluding hydrogens is 602 g/mol. The van der Waals surface area contributed by atoms with Crippen LogP contribution in [-0.4, -0.2) is 5.49 Å². The standard InChI is InChI=1S/2C11H11.C5H10Si.2ClH.Hf/c2*1-8-6-10-5-3-4-9(2)11(10)7-8;1-2-4-6-5-3-1;;;/h2*3-7H,1-2H3;1-5H2;2*1H;/q2*-1;;;;+2/p-2. The normalized spacial score (nSPS) is 12.8. The summed E-state index contributed by atoms with van der Waals surface area (Å²) in [5.41, 5.74) is 5.80. The Kier molecular flexibility index (Phi) is 12.6. The summed E-state index contributed by atoms with van der Waals surface area (Å²) in [6, 6.07) is 25.1. The zero-order valence-electron chi connectivity index (χ0n) is 19.1. The van der Waals surface area contributed by atoms with Gasteiger partial charge < -0.3 is 24.8 Å². The van der Waals surface area contributed by atoms with Crippen LogP contribution in [-0.2, 0) is 23.0 Å². The minimum atomic E-state index is 0. The summed E-state index contributed by atoms with van der Waals surface area (Å²) in [6.45, 7) is 8.59. The molecule has 1 heterocycles. The van der Waals surface area contributed by atoms with Gasteiger partial charge in [0, 0.05) is 0 Å². The minimum absolute atomic E-state index is 0. The first-order valence-electron chi connectivity index (χ1n) is 10.8. The SMILES string of the molecule is Cc1cc2c(C)cccc2[cH-]1.Cc1cc2c(C)cccc2[cH-]1.[Cl-].[Cl-].[Hf+2]=[Si]1CCCCC1. The van der Waals surface area contributed by atoms with Gasteiger partial charge in [-0.2, -0.15) is 12.1 Å². The summed E-state index contributed by atoms with van der Waals surface area (Å²) in [5.74, 6) is 0. The second kappa shape index (κ2) is 13.8. The number of benzene rings is 2. The molecule has 4 heteroatoms. The zero-order chi connectivity index (χ0) is 20.8. The third kappa shape index (κ3) is 8.31. The zero-order valence-corrected chi connectivity index (χ0v) is 25.2. The summed E-state index contributed by atoms with van der Waals surface area (Å²) in [5, 5.41) is 5.51. The van der Waals surface area contributed by atoms with Crippen molar-refractivity contribution < 1.29 is 47.8 Å². The van der Waals surface area contributed by atoms with E-state index >= 15 is 0 Å². The summed E-state index contributed by atoms with van der Waals surface area (Å²) in [7, 11) is 0. The first-order chi connectivity index (χ1) is 13.9. The van der Waals surface area contributed by atoms with Crippen LogP contribution in [0, 0.1) is 27.7 Å². The maximum atomic E-state index is 2.24. The van der Waals surface area contributed by atoms with E-state index < -0.39 is 0 Å². The molecule has 0 nitrogen and oxygen atoms in total. The molecule has 1 aliphatic heterocycles. The molecule has 1 fully saturated rings. The predicted octanol–water partition coefficient (Wildman–Crippen LogP) is 2.07. The first kappa shape index (κ1) is 28.4. The van der Waals surface area contributed by atoms with Gasteiger partial charge in [0.1, 0.15) is 0 Å². The van der Waals surface area contributed by atoms with Crippen molar-refractivity contribution in [1.29, 1.82) is 0 Å². The van der Waals surface area contributed by atoms with E-state index in [2.05, 4.69) is 88.4 Å². The van der Waals surface area contributed by atoms with Crippen molar-refractivity contribution in [3.05, 3.63) is 82.9 Å². The Morgan fingerprint density at radius 1 is 0.677 bits per heavy atom. The van der Waals surface area contributed by atoms with Crippen molar-refractivity contribution in [2.24, 2.45) is 0 Å². The van der Waals surface area contributed by atoms with Crippen molar-refractivity contribution in [3.8, 4) is 0 Å². The Hall–Kier alpha value is -0.673. The van der Waals surface area contributed by atoms with Gasteiger partial charge in [0.05, 0.1) is 0 Å². The van der Waals surface area contributed by atoms with Gasteiger partial charge in [0.2, 0.25) is 0 Å². The Morgan fingerprint density at radius 3 is 1.42 bits per heavy atom. The first-order valence-corrected chi connectivity index (χ1v) is 18.1. The molecule has 164 valence electrons. The molecule has 0 aliphatic carbocycles. The van der Waals surface area contributed by atoms with Gasteiger partial charge in [-0.25, -0.2) is 0 Å². The van der Waals surface area contributed by atoms with Gasteiger partial charge in [0.25, 0.3) is 0 Å². The molecule has 5 rings (SSSR count). The third-order valence-corrected chi connectivity index (χ3v) is 13.0. The third-order valence-electron chi connectivity index (χ3n) is 5.68. The fourth-order valence-electron chi connectivity index (χ4n) is 4.06. The van der Waals surface area contributed by atoms with Crippen molar-refractivity contribution >= 4 is 27.0 Å². The molecule has 4 aromatic rings. The number of hydrogen-bond acceptors (Lipinski definition) is 0. The monoisotopic (exact) mass is 634 g/mol. The molecule has 0 unspecified atom stereocenters. The Bertz CT molecular complexity index is 1020. The average molecular weight is 634 g/mol. The molecule has 31 heavy (non-hydrogen) atoms. The molecule has 4 aromatic carbocycles. The van der Waals surface area contributed by atoms with Crippen LogP contribution >= 0.6 is 0 Å². The summed E-state index contributed by atoms with van der Waals surface area (Å²) in [6.07, 6.45) is 4.67. The van der Waals surface area contributed by atoms with Crippen molar-refractivity contribution in [1.82, 2.24) is 0 Å². The predicted molar refractivity (Wildman–Crippen MR) is 127 cm³/mol. The maximum absolute atomic E-state index is 2.24. The molecule has 0 aromatic heterocycles. The molecule has 0 amide bonds. The Morgan fingerprint density at radius 2 is 1.10 bits per heavy atom. The molecule has 0 atom stereocenters. The van der Waals surface area contributed by atoms with Crippen molar-refractivity contribution in [2.45, 2.75) is 59.0 Å². The van der Waals surface area contributed by atoms with Crippen LogP contribution in [0.1, 0.15) is 41.5 Å². The molecule has 0 spiro atoms. The summed E-state index contributed by atoms with van der Waals surface area (Å²) < 4.78 is 0. The van der Waals surface area contributed by atoms with Gasteiger partial charge in [-0.05, 0) is 13.8 Å². The van der Waals surface area contributed by atoms with Crippen LogP contribution in [0.5, 0.6) is 0 Å². The van der Waals surface area contributed by atoms with Crippen LogP contribution in [0.4, 0.5) is 0 Å². The van der Waals surface area contributed by atoms with Crippen LogP contribution in [0.3, 0.4) is 0 Å². The van der Waals surface area contributed by atoms with E-state index in [1.54, 1.807) is 47.9 Å². The quantitative estimate of drug-likeness (QED) is 0.206. The van der Waals surface area contributed by atoms with E-state index in [0.717, 1.165) is 0 Å². The molecule has 0 saturated carbocycles. The topological polar surface area (TPSA) is 0 Å². The van der Waals surface area contributed by atoms with Crippen molar-refractivity contribution in [2.75, 3.05) is 0 Å². The summed E-state index contributed by atoms with van der Waals surface area (Å²) >= 11 is 1.55. The van der Waals surface area contributed by atoms with E-state index in [0.29, 0.717) is 5.49 Å². The van der Waals surface area contributed by atoms with E-state index in [-0.39, 0.29) is 24.8 Å². The van der Waals surface area contributed by atoms with E-state index in [4.69, 9.17) is 0 Å². The number of fused-ring (bicyclic) bond motifs is 2. The van der Waals surface area contributed by atoms with E-state index in [9.17, 15) is 0 Å². The van der Waals surface area contributed by atoms with E-state index in [1.807, 2.05) is 0 Å². The Balaban J connectivity index is 0.000000231. The van der Waals surface area contributed by atoms with Crippen LogP contribution in [0.2, 0.25) is 12.1 Å².